The Balaban J connectivity index is 1.58. The van der Waals surface area contributed by atoms with E-state index >= 15 is 0 Å². The average molecular weight is 416 g/mol. The number of nitrogens with one attached hydrogen (secondary N) is 1. The van der Waals surface area contributed by atoms with E-state index in [2.05, 4.69) is 10.2 Å². The molecule has 162 valence electrons. The van der Waals surface area contributed by atoms with Crippen molar-refractivity contribution in [1.82, 2.24) is 10.2 Å². The Morgan fingerprint density at radius 3 is 2.33 bits per heavy atom. The zero-order chi connectivity index (χ0) is 21.5. The third-order valence-corrected chi connectivity index (χ3v) is 5.39. The Morgan fingerprint density at radius 2 is 1.73 bits per heavy atom. The van der Waals surface area contributed by atoms with E-state index in [1.807, 2.05) is 12.1 Å². The number of hydrogen-bond acceptors (Lipinski definition) is 5. The molecule has 0 radical (unpaired) electrons. The van der Waals surface area contributed by atoms with Gasteiger partial charge in [-0.15, -0.1) is 0 Å². The van der Waals surface area contributed by atoms with E-state index in [-0.39, 0.29) is 17.6 Å². The maximum Gasteiger partial charge on any atom is 0.224 e. The molecular formula is C23H29FN2O4. The van der Waals surface area contributed by atoms with Gasteiger partial charge in [0.15, 0.2) is 11.5 Å². The number of ether oxygens (including phenoxy) is 3. The molecule has 7 heteroatoms. The molecule has 1 atom stereocenters. The highest BCUT2D eigenvalue weighted by atomic mass is 19.1. The molecule has 0 spiro atoms. The molecule has 0 saturated carbocycles. The number of carbonyl (C=O) groups excluding carboxylic acids is 1. The molecule has 1 aliphatic rings. The number of nitrogens with zero attached hydrogens (tertiary/aromatic N) is 1. The fourth-order valence-corrected chi connectivity index (χ4v) is 3.83. The lowest BCUT2D eigenvalue weighted by Gasteiger charge is -2.32. The topological polar surface area (TPSA) is 60.0 Å². The molecule has 0 unspecified atom stereocenters. The summed E-state index contributed by atoms with van der Waals surface area (Å²) < 4.78 is 29.2. The quantitative estimate of drug-likeness (QED) is 0.715. The normalized spacial score (nSPS) is 16.7. The van der Waals surface area contributed by atoms with Crippen LogP contribution in [0.15, 0.2) is 36.4 Å². The van der Waals surface area contributed by atoms with E-state index in [0.717, 1.165) is 37.1 Å². The molecular weight excluding hydrogens is 387 g/mol. The van der Waals surface area contributed by atoms with Crippen molar-refractivity contribution >= 4 is 5.91 Å². The van der Waals surface area contributed by atoms with Gasteiger partial charge in [0.05, 0.1) is 27.2 Å². The van der Waals surface area contributed by atoms with E-state index in [1.165, 1.54) is 12.1 Å². The first-order valence-electron chi connectivity index (χ1n) is 10.1. The molecule has 1 heterocycles. The van der Waals surface area contributed by atoms with Gasteiger partial charge in [0.1, 0.15) is 5.82 Å². The highest BCUT2D eigenvalue weighted by molar-refractivity contribution is 5.79. The lowest BCUT2D eigenvalue weighted by atomic mass is 9.96. The first-order chi connectivity index (χ1) is 14.5. The Kier molecular flexibility index (Phi) is 7.52. The van der Waals surface area contributed by atoms with Crippen LogP contribution in [0.2, 0.25) is 0 Å². The van der Waals surface area contributed by atoms with Crippen LogP contribution < -0.4 is 19.5 Å². The van der Waals surface area contributed by atoms with E-state index in [9.17, 15) is 9.18 Å². The molecule has 0 aliphatic carbocycles. The second-order valence-electron chi connectivity index (χ2n) is 7.45. The molecule has 30 heavy (non-hydrogen) atoms. The third kappa shape index (κ3) is 5.42. The van der Waals surface area contributed by atoms with Crippen molar-refractivity contribution in [1.29, 1.82) is 0 Å². The fourth-order valence-electron chi connectivity index (χ4n) is 3.83. The van der Waals surface area contributed by atoms with Gasteiger partial charge in [-0.25, -0.2) is 4.39 Å². The summed E-state index contributed by atoms with van der Waals surface area (Å²) in [6.07, 6.45) is 1.82. The Morgan fingerprint density at radius 1 is 1.07 bits per heavy atom. The van der Waals surface area contributed by atoms with Crippen LogP contribution in [0.25, 0.3) is 0 Å². The molecule has 1 saturated heterocycles. The largest absolute Gasteiger partial charge is 0.493 e. The van der Waals surface area contributed by atoms with Crippen LogP contribution in [-0.2, 0) is 17.9 Å². The second-order valence-corrected chi connectivity index (χ2v) is 7.45. The van der Waals surface area contributed by atoms with Crippen molar-refractivity contribution in [2.75, 3.05) is 34.4 Å². The molecule has 1 N–H and O–H groups in total. The smallest absolute Gasteiger partial charge is 0.224 e. The van der Waals surface area contributed by atoms with Gasteiger partial charge < -0.3 is 19.5 Å². The first kappa shape index (κ1) is 21.9. The van der Waals surface area contributed by atoms with E-state index in [1.54, 1.807) is 33.5 Å². The molecule has 6 nitrogen and oxygen atoms in total. The van der Waals surface area contributed by atoms with E-state index < -0.39 is 0 Å². The van der Waals surface area contributed by atoms with Crippen molar-refractivity contribution in [3.05, 3.63) is 53.3 Å². The summed E-state index contributed by atoms with van der Waals surface area (Å²) in [6, 6.07) is 10.2. The van der Waals surface area contributed by atoms with E-state index in [4.69, 9.17) is 14.2 Å². The predicted molar refractivity (Wildman–Crippen MR) is 112 cm³/mol. The van der Waals surface area contributed by atoms with Crippen LogP contribution in [0.5, 0.6) is 17.2 Å². The van der Waals surface area contributed by atoms with Crippen molar-refractivity contribution in [3.8, 4) is 17.2 Å². The lowest BCUT2D eigenvalue weighted by Crippen LogP contribution is -2.42. The molecule has 1 aliphatic heterocycles. The number of rotatable bonds is 8. The number of benzene rings is 2. The van der Waals surface area contributed by atoms with Gasteiger partial charge in [0, 0.05) is 19.6 Å². The number of amides is 1. The second kappa shape index (κ2) is 10.3. The van der Waals surface area contributed by atoms with Gasteiger partial charge in [-0.3, -0.25) is 9.69 Å². The molecule has 2 aromatic carbocycles. The minimum absolute atomic E-state index is 0.0348. The first-order valence-corrected chi connectivity index (χ1v) is 10.1. The third-order valence-electron chi connectivity index (χ3n) is 5.39. The van der Waals surface area contributed by atoms with Crippen molar-refractivity contribution < 1.29 is 23.4 Å². The van der Waals surface area contributed by atoms with Gasteiger partial charge in [0.25, 0.3) is 0 Å². The van der Waals surface area contributed by atoms with Crippen LogP contribution in [0, 0.1) is 11.7 Å². The zero-order valence-electron chi connectivity index (χ0n) is 17.7. The summed E-state index contributed by atoms with van der Waals surface area (Å²) >= 11 is 0. The molecule has 0 aromatic heterocycles. The van der Waals surface area contributed by atoms with Crippen molar-refractivity contribution in [3.63, 3.8) is 0 Å². The summed E-state index contributed by atoms with van der Waals surface area (Å²) in [5.41, 5.74) is 1.92. The van der Waals surface area contributed by atoms with Gasteiger partial charge in [-0.1, -0.05) is 12.1 Å². The Labute approximate surface area is 176 Å². The summed E-state index contributed by atoms with van der Waals surface area (Å²) in [5, 5.41) is 3.03. The number of likely N-dealkylation sites (tertiary alicyclic amines) is 1. The summed E-state index contributed by atoms with van der Waals surface area (Å²) in [4.78, 5) is 15.0. The highest BCUT2D eigenvalue weighted by Gasteiger charge is 2.26. The van der Waals surface area contributed by atoms with Gasteiger partial charge >= 0.3 is 0 Å². The highest BCUT2D eigenvalue weighted by Crippen LogP contribution is 2.38. The predicted octanol–water partition coefficient (Wildman–Crippen LogP) is 3.38. The van der Waals surface area contributed by atoms with Crippen LogP contribution in [0.1, 0.15) is 24.0 Å². The minimum Gasteiger partial charge on any atom is -0.493 e. The minimum atomic E-state index is -0.235. The SMILES string of the molecule is COc1cc(CNC(=O)[C@@H]2CCCN(Cc3ccc(F)cc3)C2)cc(OC)c1OC. The molecule has 1 fully saturated rings. The van der Waals surface area contributed by atoms with Gasteiger partial charge in [0.2, 0.25) is 11.7 Å². The van der Waals surface area contributed by atoms with Crippen LogP contribution >= 0.6 is 0 Å². The van der Waals surface area contributed by atoms with Crippen LogP contribution in [0.4, 0.5) is 4.39 Å². The zero-order valence-corrected chi connectivity index (χ0v) is 17.7. The summed E-state index contributed by atoms with van der Waals surface area (Å²) in [7, 11) is 4.69. The average Bonchev–Trinajstić information content (AvgIpc) is 2.78. The lowest BCUT2D eigenvalue weighted by molar-refractivity contribution is -0.126. The maximum absolute atomic E-state index is 13.1. The Hall–Kier alpha value is -2.80. The molecule has 3 rings (SSSR count). The number of piperidine rings is 1. The summed E-state index contributed by atoms with van der Waals surface area (Å²) in [5.74, 6) is 1.38. The standard InChI is InChI=1S/C23H29FN2O4/c1-28-20-11-17(12-21(29-2)22(20)30-3)13-25-23(27)18-5-4-10-26(15-18)14-16-6-8-19(24)9-7-16/h6-9,11-12,18H,4-5,10,13-15H2,1-3H3,(H,25,27)/t18-/m1/s1. The molecule has 2 aromatic rings. The van der Waals surface area contributed by atoms with Gasteiger partial charge in [-0.05, 0) is 54.8 Å². The number of methoxy groups -OCH3 is 3. The fraction of sp³-hybridized carbons (Fsp3) is 0.435. The maximum atomic E-state index is 13.1. The van der Waals surface area contributed by atoms with Crippen molar-refractivity contribution in [2.45, 2.75) is 25.9 Å². The van der Waals surface area contributed by atoms with Crippen LogP contribution in [-0.4, -0.2) is 45.2 Å². The van der Waals surface area contributed by atoms with E-state index in [0.29, 0.717) is 30.3 Å². The number of carbonyl (C=O) groups is 1. The Bertz CT molecular complexity index is 832. The number of halogens is 1. The molecule has 1 amide bonds. The van der Waals surface area contributed by atoms with Crippen molar-refractivity contribution in [2.24, 2.45) is 5.92 Å². The number of hydrogen-bond donors (Lipinski definition) is 1. The summed E-state index contributed by atoms with van der Waals surface area (Å²) in [6.45, 7) is 2.73. The van der Waals surface area contributed by atoms with Gasteiger partial charge in [-0.2, -0.15) is 0 Å². The monoisotopic (exact) mass is 416 g/mol. The molecule has 0 bridgehead atoms. The van der Waals surface area contributed by atoms with Crippen LogP contribution in [0.3, 0.4) is 0 Å².